The van der Waals surface area contributed by atoms with Crippen molar-refractivity contribution in [2.45, 2.75) is 12.8 Å². The molecule has 0 saturated carbocycles. The van der Waals surface area contributed by atoms with E-state index in [1.165, 1.54) is 7.11 Å². The number of amides is 1. The number of nitrogen functional groups attached to an aromatic ring is 1. The van der Waals surface area contributed by atoms with Crippen LogP contribution in [0.5, 0.6) is 5.75 Å². The van der Waals surface area contributed by atoms with Crippen molar-refractivity contribution in [3.8, 4) is 5.75 Å². The van der Waals surface area contributed by atoms with Crippen molar-refractivity contribution in [3.05, 3.63) is 23.8 Å². The zero-order valence-electron chi connectivity index (χ0n) is 11.3. The van der Waals surface area contributed by atoms with Gasteiger partial charge in [0.2, 0.25) is 0 Å². The number of aliphatic carboxylic acids is 1. The van der Waals surface area contributed by atoms with Gasteiger partial charge in [-0.1, -0.05) is 0 Å². The van der Waals surface area contributed by atoms with Crippen molar-refractivity contribution in [1.82, 2.24) is 4.90 Å². The van der Waals surface area contributed by atoms with Crippen LogP contribution in [0.4, 0.5) is 5.69 Å². The number of likely N-dealkylation sites (tertiary alicyclic amines) is 1. The third-order valence-electron chi connectivity index (χ3n) is 3.51. The molecule has 1 saturated heterocycles. The van der Waals surface area contributed by atoms with E-state index in [9.17, 15) is 9.59 Å². The summed E-state index contributed by atoms with van der Waals surface area (Å²) >= 11 is 0. The molecule has 20 heavy (non-hydrogen) atoms. The molecule has 0 unspecified atom stereocenters. The maximum atomic E-state index is 12.5. The number of carboxylic acid groups (broad SMARTS) is 1. The first-order chi connectivity index (χ1) is 9.52. The van der Waals surface area contributed by atoms with Crippen molar-refractivity contribution >= 4 is 17.6 Å². The van der Waals surface area contributed by atoms with Gasteiger partial charge in [0.1, 0.15) is 5.75 Å². The largest absolute Gasteiger partial charge is 0.496 e. The van der Waals surface area contributed by atoms with Crippen LogP contribution in [0.15, 0.2) is 18.2 Å². The number of ether oxygens (including phenoxy) is 1. The summed E-state index contributed by atoms with van der Waals surface area (Å²) in [6.07, 6.45) is 1.30. The predicted octanol–water partition coefficient (Wildman–Crippen LogP) is 1.21. The molecule has 3 N–H and O–H groups in total. The van der Waals surface area contributed by atoms with Crippen molar-refractivity contribution < 1.29 is 19.4 Å². The Balaban J connectivity index is 2.20. The second kappa shape index (κ2) is 5.81. The number of nitrogens with two attached hydrogens (primary N) is 1. The molecule has 1 aromatic carbocycles. The van der Waals surface area contributed by atoms with Gasteiger partial charge in [0.15, 0.2) is 0 Å². The maximum absolute atomic E-state index is 12.5. The van der Waals surface area contributed by atoms with E-state index in [1.807, 2.05) is 0 Å². The van der Waals surface area contributed by atoms with Gasteiger partial charge >= 0.3 is 5.97 Å². The van der Waals surface area contributed by atoms with E-state index in [1.54, 1.807) is 23.1 Å². The maximum Gasteiger partial charge on any atom is 0.308 e. The molecule has 0 spiro atoms. The van der Waals surface area contributed by atoms with Crippen LogP contribution >= 0.6 is 0 Å². The first kappa shape index (κ1) is 14.2. The van der Waals surface area contributed by atoms with E-state index < -0.39 is 11.9 Å². The van der Waals surface area contributed by atoms with Crippen LogP contribution in [0.3, 0.4) is 0 Å². The predicted molar refractivity (Wildman–Crippen MR) is 73.7 cm³/mol. The SMILES string of the molecule is COc1cc(N)ccc1C(=O)N1CCC[C@H](C(=O)O)C1. The van der Waals surface area contributed by atoms with Crippen LogP contribution in [-0.4, -0.2) is 42.1 Å². The lowest BCUT2D eigenvalue weighted by Crippen LogP contribution is -2.42. The quantitative estimate of drug-likeness (QED) is 0.811. The number of anilines is 1. The lowest BCUT2D eigenvalue weighted by molar-refractivity contribution is -0.143. The number of carbonyl (C=O) groups excluding carboxylic acids is 1. The highest BCUT2D eigenvalue weighted by molar-refractivity contribution is 5.97. The lowest BCUT2D eigenvalue weighted by Gasteiger charge is -2.31. The number of benzene rings is 1. The Bertz CT molecular complexity index is 530. The van der Waals surface area contributed by atoms with Crippen LogP contribution in [0.1, 0.15) is 23.2 Å². The monoisotopic (exact) mass is 278 g/mol. The normalized spacial score (nSPS) is 18.6. The minimum atomic E-state index is -0.855. The zero-order chi connectivity index (χ0) is 14.7. The molecule has 0 aliphatic carbocycles. The average molecular weight is 278 g/mol. The van der Waals surface area contributed by atoms with Crippen LogP contribution < -0.4 is 10.5 Å². The number of piperidine rings is 1. The third-order valence-corrected chi connectivity index (χ3v) is 3.51. The summed E-state index contributed by atoms with van der Waals surface area (Å²) in [5.41, 5.74) is 6.59. The van der Waals surface area contributed by atoms with Crippen LogP contribution in [-0.2, 0) is 4.79 Å². The van der Waals surface area contributed by atoms with E-state index in [-0.39, 0.29) is 12.5 Å². The van der Waals surface area contributed by atoms with Crippen LogP contribution in [0.25, 0.3) is 0 Å². The number of rotatable bonds is 3. The second-order valence-electron chi connectivity index (χ2n) is 4.89. The molecule has 1 aliphatic rings. The van der Waals surface area contributed by atoms with Gasteiger partial charge in [-0.2, -0.15) is 0 Å². The number of carboxylic acids is 1. The van der Waals surface area contributed by atoms with Gasteiger partial charge in [-0.3, -0.25) is 9.59 Å². The molecule has 6 nitrogen and oxygen atoms in total. The molecular weight excluding hydrogens is 260 g/mol. The van der Waals surface area contributed by atoms with Crippen molar-refractivity contribution in [3.63, 3.8) is 0 Å². The molecule has 1 amide bonds. The summed E-state index contributed by atoms with van der Waals surface area (Å²) in [6.45, 7) is 0.803. The molecule has 1 fully saturated rings. The lowest BCUT2D eigenvalue weighted by atomic mass is 9.97. The average Bonchev–Trinajstić information content (AvgIpc) is 2.46. The Morgan fingerprint density at radius 1 is 1.45 bits per heavy atom. The van der Waals surface area contributed by atoms with Crippen molar-refractivity contribution in [1.29, 1.82) is 0 Å². The van der Waals surface area contributed by atoms with Gasteiger partial charge in [-0.15, -0.1) is 0 Å². The third kappa shape index (κ3) is 2.84. The smallest absolute Gasteiger partial charge is 0.308 e. The molecule has 1 aliphatic heterocycles. The van der Waals surface area contributed by atoms with Crippen molar-refractivity contribution in [2.24, 2.45) is 5.92 Å². The van der Waals surface area contributed by atoms with E-state index in [0.29, 0.717) is 36.4 Å². The molecule has 2 rings (SSSR count). The summed E-state index contributed by atoms with van der Waals surface area (Å²) < 4.78 is 5.17. The minimum Gasteiger partial charge on any atom is -0.496 e. The first-order valence-corrected chi connectivity index (χ1v) is 6.48. The fourth-order valence-electron chi connectivity index (χ4n) is 2.42. The molecule has 108 valence electrons. The standard InChI is InChI=1S/C14H18N2O4/c1-20-12-7-10(15)4-5-11(12)13(17)16-6-2-3-9(8-16)14(18)19/h4-5,7,9H,2-3,6,8,15H2,1H3,(H,18,19)/t9-/m0/s1. The van der Waals surface area contributed by atoms with Crippen LogP contribution in [0.2, 0.25) is 0 Å². The van der Waals surface area contributed by atoms with E-state index in [4.69, 9.17) is 15.6 Å². The van der Waals surface area contributed by atoms with Gasteiger partial charge in [-0.05, 0) is 25.0 Å². The van der Waals surface area contributed by atoms with Gasteiger partial charge < -0.3 is 20.5 Å². The molecule has 1 heterocycles. The number of hydrogen-bond acceptors (Lipinski definition) is 4. The minimum absolute atomic E-state index is 0.215. The number of carbonyl (C=O) groups is 2. The molecule has 6 heteroatoms. The molecule has 1 atom stereocenters. The fourth-order valence-corrected chi connectivity index (χ4v) is 2.42. The molecule has 1 aromatic rings. The molecule has 0 aromatic heterocycles. The second-order valence-corrected chi connectivity index (χ2v) is 4.89. The van der Waals surface area contributed by atoms with Crippen LogP contribution in [0, 0.1) is 5.92 Å². The first-order valence-electron chi connectivity index (χ1n) is 6.48. The van der Waals surface area contributed by atoms with Crippen molar-refractivity contribution in [2.75, 3.05) is 25.9 Å². The summed E-state index contributed by atoms with van der Waals surface area (Å²) in [4.78, 5) is 25.1. The Hall–Kier alpha value is -2.24. The summed E-state index contributed by atoms with van der Waals surface area (Å²) in [6, 6.07) is 4.83. The number of methoxy groups -OCH3 is 1. The van der Waals surface area contributed by atoms with Gasteiger partial charge in [0, 0.05) is 24.8 Å². The Kier molecular flexibility index (Phi) is 4.12. The van der Waals surface area contributed by atoms with E-state index in [2.05, 4.69) is 0 Å². The summed E-state index contributed by atoms with van der Waals surface area (Å²) in [7, 11) is 1.47. The number of hydrogen-bond donors (Lipinski definition) is 2. The highest BCUT2D eigenvalue weighted by Gasteiger charge is 2.29. The summed E-state index contributed by atoms with van der Waals surface area (Å²) in [5, 5.41) is 9.07. The van der Waals surface area contributed by atoms with Gasteiger partial charge in [-0.25, -0.2) is 0 Å². The Morgan fingerprint density at radius 3 is 2.85 bits per heavy atom. The Morgan fingerprint density at radius 2 is 2.20 bits per heavy atom. The molecular formula is C14H18N2O4. The van der Waals surface area contributed by atoms with Gasteiger partial charge in [0.05, 0.1) is 18.6 Å². The highest BCUT2D eigenvalue weighted by atomic mass is 16.5. The summed E-state index contributed by atoms with van der Waals surface area (Å²) in [5.74, 6) is -1.15. The Labute approximate surface area is 117 Å². The molecule has 0 bridgehead atoms. The zero-order valence-corrected chi connectivity index (χ0v) is 11.3. The van der Waals surface area contributed by atoms with E-state index >= 15 is 0 Å². The van der Waals surface area contributed by atoms with E-state index in [0.717, 1.165) is 0 Å². The number of nitrogens with zero attached hydrogens (tertiary/aromatic N) is 1. The van der Waals surface area contributed by atoms with Gasteiger partial charge in [0.25, 0.3) is 5.91 Å². The topological polar surface area (TPSA) is 92.9 Å². The highest BCUT2D eigenvalue weighted by Crippen LogP contribution is 2.25. The fraction of sp³-hybridized carbons (Fsp3) is 0.429. The molecule has 0 radical (unpaired) electrons.